The van der Waals surface area contributed by atoms with Crippen molar-refractivity contribution in [3.63, 3.8) is 0 Å². The number of nitrogens with zero attached hydrogens (tertiary/aromatic N) is 7. The topological polar surface area (TPSA) is 130 Å². The molecular weight excluding hydrogens is 494 g/mol. The highest BCUT2D eigenvalue weighted by atomic mass is 16.2. The lowest BCUT2D eigenvalue weighted by Crippen LogP contribution is -2.35. The minimum atomic E-state index is -0.579. The van der Waals surface area contributed by atoms with Crippen molar-refractivity contribution in [2.24, 2.45) is 7.05 Å². The summed E-state index contributed by atoms with van der Waals surface area (Å²) in [5.74, 6) is 5.77. The second-order valence-electron chi connectivity index (χ2n) is 9.01. The zero-order chi connectivity index (χ0) is 27.1. The first kappa shape index (κ1) is 23.7. The number of hydrogen-bond acceptors (Lipinski definition) is 6. The molecule has 0 fully saturated rings. The molecule has 0 aliphatic rings. The molecule has 1 amide bonds. The lowest BCUT2D eigenvalue weighted by Gasteiger charge is -2.21. The van der Waals surface area contributed by atoms with Crippen molar-refractivity contribution in [2.75, 3.05) is 5.73 Å². The van der Waals surface area contributed by atoms with E-state index < -0.39 is 11.9 Å². The Kier molecular flexibility index (Phi) is 5.69. The summed E-state index contributed by atoms with van der Waals surface area (Å²) in [6, 6.07) is 14.2. The number of hydrogen-bond donors (Lipinski definition) is 2. The summed E-state index contributed by atoms with van der Waals surface area (Å²) in [7, 11) is 1.82. The standard InChI is InChI=1S/C28H23N9O2/c1-18(33-27(38)24-25(29)31-17-35-13-12-30-26(24)35)23-14-22-11-10-21(9-8-19-15-32-34(2)16-19)36(22)28(39)37(23)20-6-4-3-5-7-20/h3-7,10-18H,29H2,1-2H3,(H,33,38). The molecule has 5 aromatic heterocycles. The van der Waals surface area contributed by atoms with Crippen LogP contribution in [-0.2, 0) is 7.05 Å². The van der Waals surface area contributed by atoms with E-state index in [4.69, 9.17) is 5.73 Å². The number of carbonyl (C=O) groups excluding carboxylic acids is 1. The van der Waals surface area contributed by atoms with Crippen LogP contribution in [0.4, 0.5) is 5.82 Å². The van der Waals surface area contributed by atoms with Crippen molar-refractivity contribution in [2.45, 2.75) is 13.0 Å². The summed E-state index contributed by atoms with van der Waals surface area (Å²) < 4.78 is 6.42. The van der Waals surface area contributed by atoms with Gasteiger partial charge in [0.15, 0.2) is 5.65 Å². The van der Waals surface area contributed by atoms with Crippen LogP contribution in [0.25, 0.3) is 16.9 Å². The van der Waals surface area contributed by atoms with Gasteiger partial charge in [0, 0.05) is 25.6 Å². The lowest BCUT2D eigenvalue weighted by atomic mass is 10.1. The molecule has 0 saturated carbocycles. The van der Waals surface area contributed by atoms with Crippen LogP contribution in [0.1, 0.15) is 40.3 Å². The molecule has 6 rings (SSSR count). The molecule has 5 heterocycles. The molecule has 192 valence electrons. The van der Waals surface area contributed by atoms with Crippen LogP contribution in [-0.4, -0.2) is 39.0 Å². The molecule has 39 heavy (non-hydrogen) atoms. The van der Waals surface area contributed by atoms with E-state index in [1.54, 1.807) is 48.9 Å². The van der Waals surface area contributed by atoms with E-state index >= 15 is 0 Å². The Labute approximate surface area is 222 Å². The minimum absolute atomic E-state index is 0.0673. The number of benzene rings is 1. The number of fused-ring (bicyclic) bond motifs is 2. The van der Waals surface area contributed by atoms with E-state index in [2.05, 4.69) is 32.2 Å². The Morgan fingerprint density at radius 2 is 1.92 bits per heavy atom. The second-order valence-corrected chi connectivity index (χ2v) is 9.01. The van der Waals surface area contributed by atoms with Gasteiger partial charge in [-0.3, -0.25) is 22.8 Å². The molecule has 1 atom stereocenters. The summed E-state index contributed by atoms with van der Waals surface area (Å²) >= 11 is 0. The summed E-state index contributed by atoms with van der Waals surface area (Å²) in [4.78, 5) is 35.7. The van der Waals surface area contributed by atoms with E-state index in [0.29, 0.717) is 28.2 Å². The summed E-state index contributed by atoms with van der Waals surface area (Å²) in [6.07, 6.45) is 8.23. The molecule has 0 bridgehead atoms. The molecule has 0 radical (unpaired) electrons. The predicted octanol–water partition coefficient (Wildman–Crippen LogP) is 2.34. The van der Waals surface area contributed by atoms with Gasteiger partial charge in [-0.2, -0.15) is 5.10 Å². The van der Waals surface area contributed by atoms with Crippen molar-refractivity contribution in [1.82, 2.24) is 38.4 Å². The van der Waals surface area contributed by atoms with E-state index in [-0.39, 0.29) is 17.1 Å². The van der Waals surface area contributed by atoms with E-state index in [1.807, 2.05) is 56.4 Å². The predicted molar refractivity (Wildman–Crippen MR) is 145 cm³/mol. The Bertz CT molecular complexity index is 1980. The first-order valence-corrected chi connectivity index (χ1v) is 12.1. The minimum Gasteiger partial charge on any atom is -0.383 e. The SMILES string of the molecule is CC(NC(=O)c1c(N)ncn2ccnc12)c1cc2ccc(C#Cc3cnn(C)c3)n2c(=O)n1-c1ccccc1. The Balaban J connectivity index is 1.46. The van der Waals surface area contributed by atoms with Crippen LogP contribution in [0.2, 0.25) is 0 Å². The molecular formula is C28H23N9O2. The molecule has 11 heteroatoms. The maximum Gasteiger partial charge on any atom is 0.338 e. The third kappa shape index (κ3) is 4.19. The van der Waals surface area contributed by atoms with Crippen molar-refractivity contribution < 1.29 is 4.79 Å². The van der Waals surface area contributed by atoms with Gasteiger partial charge in [0.25, 0.3) is 5.91 Å². The van der Waals surface area contributed by atoms with Gasteiger partial charge in [-0.15, -0.1) is 0 Å². The molecule has 6 aromatic rings. The number of imidazole rings is 1. The fourth-order valence-electron chi connectivity index (χ4n) is 4.54. The zero-order valence-corrected chi connectivity index (χ0v) is 21.1. The number of amides is 1. The number of anilines is 1. The van der Waals surface area contributed by atoms with Gasteiger partial charge in [-0.25, -0.2) is 14.8 Å². The van der Waals surface area contributed by atoms with Gasteiger partial charge < -0.3 is 11.1 Å². The fraction of sp³-hybridized carbons (Fsp3) is 0.107. The van der Waals surface area contributed by atoms with Crippen LogP contribution in [0.15, 0.2) is 84.4 Å². The largest absolute Gasteiger partial charge is 0.383 e. The number of nitrogens with one attached hydrogen (secondary N) is 1. The number of para-hydroxylation sites is 1. The van der Waals surface area contributed by atoms with Gasteiger partial charge in [-0.1, -0.05) is 24.1 Å². The Hall–Kier alpha value is -5.63. The fourth-order valence-corrected chi connectivity index (χ4v) is 4.54. The number of rotatable bonds is 4. The maximum atomic E-state index is 14.0. The summed E-state index contributed by atoms with van der Waals surface area (Å²) in [5, 5.41) is 7.11. The smallest absolute Gasteiger partial charge is 0.338 e. The number of aromatic nitrogens is 7. The summed E-state index contributed by atoms with van der Waals surface area (Å²) in [5.41, 5.74) is 9.46. The lowest BCUT2D eigenvalue weighted by molar-refractivity contribution is 0.0940. The number of nitrogen functional groups attached to an aromatic ring is 1. The molecule has 3 N–H and O–H groups in total. The van der Waals surface area contributed by atoms with E-state index in [1.165, 1.54) is 6.33 Å². The van der Waals surface area contributed by atoms with E-state index in [0.717, 1.165) is 5.56 Å². The molecule has 11 nitrogen and oxygen atoms in total. The molecule has 0 spiro atoms. The normalized spacial score (nSPS) is 11.8. The third-order valence-electron chi connectivity index (χ3n) is 6.39. The zero-order valence-electron chi connectivity index (χ0n) is 21.1. The van der Waals surface area contributed by atoms with Crippen molar-refractivity contribution in [1.29, 1.82) is 0 Å². The van der Waals surface area contributed by atoms with Crippen molar-refractivity contribution in [3.05, 3.63) is 113 Å². The summed E-state index contributed by atoms with van der Waals surface area (Å²) in [6.45, 7) is 1.81. The van der Waals surface area contributed by atoms with Gasteiger partial charge in [0.05, 0.1) is 34.7 Å². The molecule has 0 saturated heterocycles. The van der Waals surface area contributed by atoms with Crippen LogP contribution < -0.4 is 16.7 Å². The van der Waals surface area contributed by atoms with Gasteiger partial charge >= 0.3 is 5.69 Å². The van der Waals surface area contributed by atoms with Crippen LogP contribution in [0.3, 0.4) is 0 Å². The molecule has 1 unspecified atom stereocenters. The van der Waals surface area contributed by atoms with Crippen LogP contribution >= 0.6 is 0 Å². The number of carbonyl (C=O) groups is 1. The monoisotopic (exact) mass is 517 g/mol. The van der Waals surface area contributed by atoms with E-state index in [9.17, 15) is 9.59 Å². The average Bonchev–Trinajstić information content (AvgIpc) is 3.67. The first-order chi connectivity index (χ1) is 18.9. The Morgan fingerprint density at radius 1 is 1.10 bits per heavy atom. The number of nitrogens with two attached hydrogens (primary N) is 1. The second kappa shape index (κ2) is 9.35. The Morgan fingerprint density at radius 3 is 2.69 bits per heavy atom. The highest BCUT2D eigenvalue weighted by molar-refractivity contribution is 6.04. The van der Waals surface area contributed by atoms with Gasteiger partial charge in [0.2, 0.25) is 0 Å². The first-order valence-electron chi connectivity index (χ1n) is 12.1. The molecule has 1 aromatic carbocycles. The van der Waals surface area contributed by atoms with Gasteiger partial charge in [0.1, 0.15) is 23.4 Å². The van der Waals surface area contributed by atoms with Crippen LogP contribution in [0, 0.1) is 11.8 Å². The third-order valence-corrected chi connectivity index (χ3v) is 6.39. The number of aryl methyl sites for hydroxylation is 1. The maximum absolute atomic E-state index is 14.0. The average molecular weight is 518 g/mol. The van der Waals surface area contributed by atoms with Crippen molar-refractivity contribution >= 4 is 22.9 Å². The highest BCUT2D eigenvalue weighted by Gasteiger charge is 2.23. The molecule has 0 aliphatic heterocycles. The van der Waals surface area contributed by atoms with Gasteiger partial charge in [-0.05, 0) is 43.2 Å². The highest BCUT2D eigenvalue weighted by Crippen LogP contribution is 2.21. The van der Waals surface area contributed by atoms with Crippen molar-refractivity contribution in [3.8, 4) is 17.5 Å². The van der Waals surface area contributed by atoms with Crippen LogP contribution in [0.5, 0.6) is 0 Å². The molecule has 0 aliphatic carbocycles. The quantitative estimate of drug-likeness (QED) is 0.345.